The van der Waals surface area contributed by atoms with Gasteiger partial charge in [-0.05, 0) is 56.8 Å². The highest BCUT2D eigenvalue weighted by atomic mass is 16.3. The fourth-order valence-electron chi connectivity index (χ4n) is 4.09. The van der Waals surface area contributed by atoms with E-state index in [0.717, 1.165) is 58.4 Å². The van der Waals surface area contributed by atoms with Crippen LogP contribution in [0.15, 0.2) is 18.5 Å². The molecule has 0 saturated carbocycles. The number of nitrogens with zero attached hydrogens (tertiary/aromatic N) is 4. The normalized spacial score (nSPS) is 25.0. The molecule has 2 saturated heterocycles. The molecule has 23 heavy (non-hydrogen) atoms. The maximum Gasteiger partial charge on any atom is 0.219 e. The van der Waals surface area contributed by atoms with Crippen LogP contribution >= 0.6 is 0 Å². The molecule has 1 unspecified atom stereocenters. The third kappa shape index (κ3) is 4.12. The molecule has 2 aliphatic heterocycles. The number of aliphatic hydroxyl groups excluding tert-OH is 1. The van der Waals surface area contributed by atoms with E-state index in [-0.39, 0.29) is 17.4 Å². The van der Waals surface area contributed by atoms with E-state index >= 15 is 0 Å². The van der Waals surface area contributed by atoms with Crippen LogP contribution in [-0.4, -0.2) is 69.4 Å². The Morgan fingerprint density at radius 2 is 2.13 bits per heavy atom. The summed E-state index contributed by atoms with van der Waals surface area (Å²) in [6, 6.07) is 1.96. The van der Waals surface area contributed by atoms with E-state index in [2.05, 4.69) is 10.00 Å². The number of amides is 1. The van der Waals surface area contributed by atoms with Gasteiger partial charge in [0.1, 0.15) is 0 Å². The van der Waals surface area contributed by atoms with Crippen LogP contribution in [0.3, 0.4) is 0 Å². The minimum Gasteiger partial charge on any atom is -0.391 e. The Bertz CT molecular complexity index is 509. The van der Waals surface area contributed by atoms with Gasteiger partial charge in [0, 0.05) is 39.0 Å². The lowest BCUT2D eigenvalue weighted by Gasteiger charge is -2.49. The van der Waals surface area contributed by atoms with E-state index in [4.69, 9.17) is 0 Å². The summed E-state index contributed by atoms with van der Waals surface area (Å²) in [4.78, 5) is 16.0. The number of hydrogen-bond donors (Lipinski definition) is 1. The summed E-state index contributed by atoms with van der Waals surface area (Å²) in [6.07, 6.45) is 7.57. The number of piperidine rings is 2. The van der Waals surface area contributed by atoms with Crippen molar-refractivity contribution in [3.05, 3.63) is 18.5 Å². The number of aliphatic hydroxyl groups is 1. The average molecular weight is 320 g/mol. The molecule has 3 rings (SSSR count). The Balaban J connectivity index is 1.46. The van der Waals surface area contributed by atoms with E-state index in [1.807, 2.05) is 28.0 Å². The van der Waals surface area contributed by atoms with Crippen LogP contribution in [-0.2, 0) is 11.3 Å². The summed E-state index contributed by atoms with van der Waals surface area (Å²) >= 11 is 0. The molecule has 0 aliphatic carbocycles. The van der Waals surface area contributed by atoms with Gasteiger partial charge in [0.25, 0.3) is 0 Å². The SMILES string of the molecule is CC(=O)N1CC(O)CC2(CCN(CCCn3cccn3)CC2)C1. The molecule has 0 radical (unpaired) electrons. The number of hydrogen-bond acceptors (Lipinski definition) is 4. The lowest BCUT2D eigenvalue weighted by atomic mass is 9.71. The monoisotopic (exact) mass is 320 g/mol. The van der Waals surface area contributed by atoms with Crippen LogP contribution in [0.25, 0.3) is 0 Å². The van der Waals surface area contributed by atoms with Crippen LogP contribution in [0, 0.1) is 5.41 Å². The first-order chi connectivity index (χ1) is 11.1. The van der Waals surface area contributed by atoms with Crippen molar-refractivity contribution in [2.24, 2.45) is 5.41 Å². The molecular weight excluding hydrogens is 292 g/mol. The van der Waals surface area contributed by atoms with Crippen molar-refractivity contribution in [3.8, 4) is 0 Å². The Kier molecular flexibility index (Phi) is 5.02. The number of likely N-dealkylation sites (tertiary alicyclic amines) is 2. The standard InChI is InChI=1S/C17H28N4O2/c1-15(22)20-13-16(23)12-17(14-20)4-10-19(11-5-17)7-3-9-21-8-2-6-18-21/h2,6,8,16,23H,3-5,7,9-14H2,1H3. The van der Waals surface area contributed by atoms with Gasteiger partial charge in [-0.1, -0.05) is 0 Å². The van der Waals surface area contributed by atoms with E-state index in [0.29, 0.717) is 6.54 Å². The molecule has 3 heterocycles. The molecule has 128 valence electrons. The Hall–Kier alpha value is -1.40. The Labute approximate surface area is 138 Å². The molecule has 0 aromatic carbocycles. The smallest absolute Gasteiger partial charge is 0.219 e. The van der Waals surface area contributed by atoms with Gasteiger partial charge in [-0.3, -0.25) is 9.48 Å². The van der Waals surface area contributed by atoms with Crippen LogP contribution in [0.5, 0.6) is 0 Å². The molecule has 2 fully saturated rings. The molecule has 1 N–H and O–H groups in total. The molecule has 0 bridgehead atoms. The van der Waals surface area contributed by atoms with E-state index in [1.165, 1.54) is 0 Å². The van der Waals surface area contributed by atoms with E-state index in [1.54, 1.807) is 6.92 Å². The third-order valence-electron chi connectivity index (χ3n) is 5.41. The molecule has 6 heteroatoms. The second-order valence-electron chi connectivity index (χ2n) is 7.22. The Morgan fingerprint density at radius 3 is 2.78 bits per heavy atom. The fraction of sp³-hybridized carbons (Fsp3) is 0.765. The minimum atomic E-state index is -0.362. The first kappa shape index (κ1) is 16.5. The first-order valence-corrected chi connectivity index (χ1v) is 8.70. The van der Waals surface area contributed by atoms with Crippen LogP contribution in [0.2, 0.25) is 0 Å². The summed E-state index contributed by atoms with van der Waals surface area (Å²) in [5, 5.41) is 14.4. The zero-order valence-electron chi connectivity index (χ0n) is 14.0. The minimum absolute atomic E-state index is 0.0878. The summed E-state index contributed by atoms with van der Waals surface area (Å²) < 4.78 is 1.98. The van der Waals surface area contributed by atoms with Gasteiger partial charge in [0.15, 0.2) is 0 Å². The van der Waals surface area contributed by atoms with Crippen LogP contribution < -0.4 is 0 Å². The summed E-state index contributed by atoms with van der Waals surface area (Å²) in [5.41, 5.74) is 0.127. The van der Waals surface area contributed by atoms with Crippen molar-refractivity contribution in [1.82, 2.24) is 19.6 Å². The van der Waals surface area contributed by atoms with Gasteiger partial charge in [0.05, 0.1) is 6.10 Å². The van der Waals surface area contributed by atoms with Crippen LogP contribution in [0.4, 0.5) is 0 Å². The van der Waals surface area contributed by atoms with Gasteiger partial charge >= 0.3 is 0 Å². The topological polar surface area (TPSA) is 61.6 Å². The maximum atomic E-state index is 11.7. The van der Waals surface area contributed by atoms with Gasteiger partial charge < -0.3 is 14.9 Å². The van der Waals surface area contributed by atoms with Crippen molar-refractivity contribution in [3.63, 3.8) is 0 Å². The van der Waals surface area contributed by atoms with Crippen molar-refractivity contribution in [2.45, 2.75) is 45.3 Å². The molecule has 6 nitrogen and oxygen atoms in total. The molecule has 1 amide bonds. The second-order valence-corrected chi connectivity index (χ2v) is 7.22. The molecule has 1 atom stereocenters. The lowest BCUT2D eigenvalue weighted by molar-refractivity contribution is -0.138. The van der Waals surface area contributed by atoms with Gasteiger partial charge in [-0.2, -0.15) is 5.10 Å². The van der Waals surface area contributed by atoms with Gasteiger partial charge in [-0.15, -0.1) is 0 Å². The van der Waals surface area contributed by atoms with Crippen molar-refractivity contribution < 1.29 is 9.90 Å². The number of β-amino-alcohol motifs (C(OH)–C–C–N with tert-alkyl or cyclic N) is 1. The number of rotatable bonds is 4. The van der Waals surface area contributed by atoms with Gasteiger partial charge in [0.2, 0.25) is 5.91 Å². The number of aromatic nitrogens is 2. The molecule has 1 aromatic heterocycles. The Morgan fingerprint density at radius 1 is 1.35 bits per heavy atom. The quantitative estimate of drug-likeness (QED) is 0.898. The fourth-order valence-corrected chi connectivity index (χ4v) is 4.09. The van der Waals surface area contributed by atoms with Crippen molar-refractivity contribution >= 4 is 5.91 Å². The molecule has 1 spiro atoms. The number of carbonyl (C=O) groups is 1. The van der Waals surface area contributed by atoms with E-state index < -0.39 is 0 Å². The number of aryl methyl sites for hydroxylation is 1. The largest absolute Gasteiger partial charge is 0.391 e. The highest BCUT2D eigenvalue weighted by Gasteiger charge is 2.42. The zero-order chi connectivity index (χ0) is 16.3. The van der Waals surface area contributed by atoms with Crippen LogP contribution in [0.1, 0.15) is 32.6 Å². The van der Waals surface area contributed by atoms with E-state index in [9.17, 15) is 9.90 Å². The van der Waals surface area contributed by atoms with Crippen molar-refractivity contribution in [2.75, 3.05) is 32.7 Å². The molecular formula is C17H28N4O2. The lowest BCUT2D eigenvalue weighted by Crippen LogP contribution is -2.54. The molecule has 2 aliphatic rings. The number of carbonyl (C=O) groups excluding carboxylic acids is 1. The zero-order valence-corrected chi connectivity index (χ0v) is 14.0. The van der Waals surface area contributed by atoms with Crippen molar-refractivity contribution in [1.29, 1.82) is 0 Å². The predicted molar refractivity (Wildman–Crippen MR) is 87.8 cm³/mol. The summed E-state index contributed by atoms with van der Waals surface area (Å²) in [6.45, 7) is 7.12. The second kappa shape index (κ2) is 7.01. The highest BCUT2D eigenvalue weighted by molar-refractivity contribution is 5.73. The average Bonchev–Trinajstić information content (AvgIpc) is 3.02. The predicted octanol–water partition coefficient (Wildman–Crippen LogP) is 0.968. The molecule has 1 aromatic rings. The van der Waals surface area contributed by atoms with Gasteiger partial charge in [-0.25, -0.2) is 0 Å². The maximum absolute atomic E-state index is 11.7. The summed E-state index contributed by atoms with van der Waals surface area (Å²) in [7, 11) is 0. The summed E-state index contributed by atoms with van der Waals surface area (Å²) in [5.74, 6) is 0.0878. The third-order valence-corrected chi connectivity index (χ3v) is 5.41. The first-order valence-electron chi connectivity index (χ1n) is 8.70. The highest BCUT2D eigenvalue weighted by Crippen LogP contribution is 2.39.